The molecule has 0 atom stereocenters. The van der Waals surface area contributed by atoms with Crippen LogP contribution in [-0.4, -0.2) is 17.8 Å². The zero-order valence-corrected chi connectivity index (χ0v) is 17.1. The fourth-order valence-corrected chi connectivity index (χ4v) is 3.23. The molecule has 0 saturated carbocycles. The molecule has 1 heterocycles. The minimum Gasteiger partial charge on any atom is -0.490 e. The van der Waals surface area contributed by atoms with Gasteiger partial charge in [-0.25, -0.2) is 4.98 Å². The molecular weight excluding hydrogens is 428 g/mol. The maximum absolute atomic E-state index is 5.95. The Bertz CT molecular complexity index is 915. The topological polar surface area (TPSA) is 81.8 Å². The third-order valence-corrected chi connectivity index (χ3v) is 4.94. The second kappa shape index (κ2) is 9.38. The van der Waals surface area contributed by atoms with Gasteiger partial charge in [0.25, 0.3) is 0 Å². The molecular formula is C19H19BrN4O2S. The molecule has 2 aromatic carbocycles. The van der Waals surface area contributed by atoms with E-state index in [4.69, 9.17) is 15.2 Å². The first-order chi connectivity index (χ1) is 13.2. The molecule has 6 nitrogen and oxygen atoms in total. The van der Waals surface area contributed by atoms with E-state index in [-0.39, 0.29) is 0 Å². The van der Waals surface area contributed by atoms with E-state index >= 15 is 0 Å². The van der Waals surface area contributed by atoms with Crippen LogP contribution >= 0.6 is 27.3 Å². The van der Waals surface area contributed by atoms with Gasteiger partial charge in [-0.2, -0.15) is 5.10 Å². The molecule has 0 amide bonds. The van der Waals surface area contributed by atoms with Crippen molar-refractivity contribution in [3.8, 4) is 11.5 Å². The molecule has 0 fully saturated rings. The summed E-state index contributed by atoms with van der Waals surface area (Å²) in [5.74, 6) is 1.80. The zero-order valence-electron chi connectivity index (χ0n) is 14.7. The van der Waals surface area contributed by atoms with Gasteiger partial charge in [0, 0.05) is 15.4 Å². The largest absolute Gasteiger partial charge is 0.490 e. The molecule has 0 aliphatic rings. The first-order valence-corrected chi connectivity index (χ1v) is 9.96. The molecule has 0 bridgehead atoms. The molecule has 140 valence electrons. The summed E-state index contributed by atoms with van der Waals surface area (Å²) < 4.78 is 12.5. The van der Waals surface area contributed by atoms with E-state index in [1.54, 1.807) is 11.6 Å². The number of halogens is 1. The fraction of sp³-hybridized carbons (Fsp3) is 0.158. The number of hydrogen-bond donors (Lipinski definition) is 2. The van der Waals surface area contributed by atoms with Crippen LogP contribution in [0.3, 0.4) is 0 Å². The first kappa shape index (κ1) is 19.2. The van der Waals surface area contributed by atoms with Crippen LogP contribution in [0, 0.1) is 0 Å². The lowest BCUT2D eigenvalue weighted by Crippen LogP contribution is -2.01. The lowest BCUT2D eigenvalue weighted by Gasteiger charge is -2.14. The number of rotatable bonds is 8. The second-order valence-corrected chi connectivity index (χ2v) is 7.19. The number of thiazole rings is 1. The van der Waals surface area contributed by atoms with Gasteiger partial charge in [0.05, 0.1) is 12.8 Å². The summed E-state index contributed by atoms with van der Waals surface area (Å²) in [5.41, 5.74) is 10.4. The molecule has 3 rings (SSSR count). The molecule has 0 aliphatic heterocycles. The highest BCUT2D eigenvalue weighted by Crippen LogP contribution is 2.34. The zero-order chi connectivity index (χ0) is 19.1. The Labute approximate surface area is 170 Å². The number of ether oxygens (including phenoxy) is 2. The number of nitrogen functional groups attached to an aromatic ring is 1. The SMILES string of the molecule is CCOc1cc(C=NNc2nc(N)cs2)c(Br)cc1OCc1ccccc1. The van der Waals surface area contributed by atoms with E-state index in [1.165, 1.54) is 11.3 Å². The maximum Gasteiger partial charge on any atom is 0.205 e. The third-order valence-electron chi connectivity index (χ3n) is 3.49. The van der Waals surface area contributed by atoms with Gasteiger partial charge in [-0.1, -0.05) is 30.3 Å². The summed E-state index contributed by atoms with van der Waals surface area (Å²) in [6.07, 6.45) is 1.69. The highest BCUT2D eigenvalue weighted by molar-refractivity contribution is 9.10. The Balaban J connectivity index is 1.74. The van der Waals surface area contributed by atoms with Gasteiger partial charge in [-0.3, -0.25) is 5.43 Å². The monoisotopic (exact) mass is 446 g/mol. The van der Waals surface area contributed by atoms with Crippen LogP contribution < -0.4 is 20.6 Å². The normalized spacial score (nSPS) is 10.9. The summed E-state index contributed by atoms with van der Waals surface area (Å²) >= 11 is 4.95. The van der Waals surface area contributed by atoms with Gasteiger partial charge in [0.1, 0.15) is 12.4 Å². The van der Waals surface area contributed by atoms with Gasteiger partial charge >= 0.3 is 0 Å². The predicted molar refractivity (Wildman–Crippen MR) is 114 cm³/mol. The van der Waals surface area contributed by atoms with Crippen molar-refractivity contribution >= 4 is 44.4 Å². The number of benzene rings is 2. The van der Waals surface area contributed by atoms with Crippen molar-refractivity contribution in [2.45, 2.75) is 13.5 Å². The summed E-state index contributed by atoms with van der Waals surface area (Å²) in [5, 5.41) is 6.58. The molecule has 3 aromatic rings. The van der Waals surface area contributed by atoms with Crippen LogP contribution in [0.15, 0.2) is 57.4 Å². The van der Waals surface area contributed by atoms with Crippen molar-refractivity contribution in [2.24, 2.45) is 5.10 Å². The molecule has 27 heavy (non-hydrogen) atoms. The Hall–Kier alpha value is -2.58. The Morgan fingerprint density at radius 3 is 2.70 bits per heavy atom. The van der Waals surface area contributed by atoms with E-state index < -0.39 is 0 Å². The van der Waals surface area contributed by atoms with Crippen LogP contribution in [0.1, 0.15) is 18.1 Å². The van der Waals surface area contributed by atoms with Crippen molar-refractivity contribution in [1.29, 1.82) is 0 Å². The van der Waals surface area contributed by atoms with Crippen LogP contribution in [-0.2, 0) is 6.61 Å². The third kappa shape index (κ3) is 5.45. The molecule has 3 N–H and O–H groups in total. The number of hydrogen-bond acceptors (Lipinski definition) is 7. The van der Waals surface area contributed by atoms with Gasteiger partial charge in [0.15, 0.2) is 11.5 Å². The van der Waals surface area contributed by atoms with Crippen molar-refractivity contribution < 1.29 is 9.47 Å². The summed E-state index contributed by atoms with van der Waals surface area (Å²) in [6, 6.07) is 13.8. The van der Waals surface area contributed by atoms with Crippen molar-refractivity contribution in [3.05, 3.63) is 63.4 Å². The Morgan fingerprint density at radius 2 is 2.00 bits per heavy atom. The lowest BCUT2D eigenvalue weighted by atomic mass is 10.2. The van der Waals surface area contributed by atoms with Crippen molar-refractivity contribution in [3.63, 3.8) is 0 Å². The predicted octanol–water partition coefficient (Wildman–Crippen LogP) is 4.91. The standard InChI is InChI=1S/C19H19BrN4O2S/c1-2-25-16-8-14(10-22-24-19-23-18(21)12-27-19)15(20)9-17(16)26-11-13-6-4-3-5-7-13/h3-10,12H,2,11,21H2,1H3,(H,23,24). The highest BCUT2D eigenvalue weighted by Gasteiger charge is 2.10. The van der Waals surface area contributed by atoms with E-state index in [1.807, 2.05) is 49.4 Å². The Kier molecular flexibility index (Phi) is 6.67. The number of nitrogens with one attached hydrogen (secondary N) is 1. The van der Waals surface area contributed by atoms with Crippen molar-refractivity contribution in [2.75, 3.05) is 17.8 Å². The second-order valence-electron chi connectivity index (χ2n) is 5.48. The van der Waals surface area contributed by atoms with E-state index in [2.05, 4.69) is 31.4 Å². The van der Waals surface area contributed by atoms with Crippen LogP contribution in [0.5, 0.6) is 11.5 Å². The quantitative estimate of drug-likeness (QED) is 0.379. The summed E-state index contributed by atoms with van der Waals surface area (Å²) in [7, 11) is 0. The molecule has 0 radical (unpaired) electrons. The van der Waals surface area contributed by atoms with E-state index in [9.17, 15) is 0 Å². The van der Waals surface area contributed by atoms with Crippen LogP contribution in [0.2, 0.25) is 0 Å². The Morgan fingerprint density at radius 1 is 1.22 bits per heavy atom. The average Bonchev–Trinajstić information content (AvgIpc) is 3.09. The first-order valence-electron chi connectivity index (χ1n) is 8.29. The number of hydrazone groups is 1. The number of aromatic nitrogens is 1. The summed E-state index contributed by atoms with van der Waals surface area (Å²) in [4.78, 5) is 4.09. The van der Waals surface area contributed by atoms with Crippen LogP contribution in [0.25, 0.3) is 0 Å². The number of anilines is 2. The number of nitrogens with two attached hydrogens (primary N) is 1. The summed E-state index contributed by atoms with van der Waals surface area (Å²) in [6.45, 7) is 2.94. The van der Waals surface area contributed by atoms with Crippen molar-refractivity contribution in [1.82, 2.24) is 4.98 Å². The molecule has 1 aromatic heterocycles. The molecule has 0 unspecified atom stereocenters. The smallest absolute Gasteiger partial charge is 0.205 e. The molecule has 0 aliphatic carbocycles. The van der Waals surface area contributed by atoms with Gasteiger partial charge < -0.3 is 15.2 Å². The molecule has 0 saturated heterocycles. The lowest BCUT2D eigenvalue weighted by molar-refractivity contribution is 0.269. The minimum absolute atomic E-state index is 0.466. The fourth-order valence-electron chi connectivity index (χ4n) is 2.26. The average molecular weight is 447 g/mol. The van der Waals surface area contributed by atoms with Gasteiger partial charge in [0.2, 0.25) is 5.13 Å². The van der Waals surface area contributed by atoms with Gasteiger partial charge in [-0.15, -0.1) is 11.3 Å². The van der Waals surface area contributed by atoms with E-state index in [0.29, 0.717) is 35.7 Å². The minimum atomic E-state index is 0.466. The number of nitrogens with zero attached hydrogens (tertiary/aromatic N) is 2. The highest BCUT2D eigenvalue weighted by atomic mass is 79.9. The maximum atomic E-state index is 5.95. The van der Waals surface area contributed by atoms with Gasteiger partial charge in [-0.05, 0) is 40.5 Å². The molecule has 8 heteroatoms. The molecule has 0 spiro atoms. The van der Waals surface area contributed by atoms with Crippen LogP contribution in [0.4, 0.5) is 10.9 Å². The van der Waals surface area contributed by atoms with E-state index in [0.717, 1.165) is 15.6 Å².